The molecule has 0 bridgehead atoms. The van der Waals surface area contributed by atoms with Crippen molar-refractivity contribution in [2.45, 2.75) is 12.2 Å². The van der Waals surface area contributed by atoms with E-state index in [0.29, 0.717) is 11.3 Å². The third-order valence-corrected chi connectivity index (χ3v) is 4.47. The molecule has 2 heterocycles. The summed E-state index contributed by atoms with van der Waals surface area (Å²) >= 11 is 0. The van der Waals surface area contributed by atoms with Gasteiger partial charge in [0, 0.05) is 11.6 Å². The molecule has 148 valence electrons. The number of ether oxygens (including phenoxy) is 6. The summed E-state index contributed by atoms with van der Waals surface area (Å²) < 4.78 is 33.2. The molecule has 2 aliphatic heterocycles. The van der Waals surface area contributed by atoms with Gasteiger partial charge in [-0.2, -0.15) is 0 Å². The number of aliphatic hydroxyl groups excluding tert-OH is 1. The summed E-state index contributed by atoms with van der Waals surface area (Å²) in [6, 6.07) is 6.18. The second-order valence-electron chi connectivity index (χ2n) is 6.14. The minimum Gasteiger partial charge on any atom is -0.504 e. The van der Waals surface area contributed by atoms with Gasteiger partial charge in [0.05, 0.1) is 20.8 Å². The number of carbonyl (C=O) groups is 1. The molecule has 0 aliphatic carbocycles. The van der Waals surface area contributed by atoms with Crippen molar-refractivity contribution in [3.8, 4) is 40.2 Å². The van der Waals surface area contributed by atoms with E-state index in [1.807, 2.05) is 0 Å². The number of phenols is 1. The maximum absolute atomic E-state index is 11.7. The highest BCUT2D eigenvalue weighted by molar-refractivity contribution is 5.80. The smallest absolute Gasteiger partial charge is 0.349 e. The highest BCUT2D eigenvalue weighted by Gasteiger charge is 2.39. The van der Waals surface area contributed by atoms with Gasteiger partial charge in [-0.25, -0.2) is 4.79 Å². The molecule has 0 spiro atoms. The first-order valence-electron chi connectivity index (χ1n) is 8.45. The molecule has 0 fully saturated rings. The summed E-state index contributed by atoms with van der Waals surface area (Å²) in [5, 5.41) is 19.7. The van der Waals surface area contributed by atoms with E-state index in [-0.39, 0.29) is 47.7 Å². The number of aliphatic hydroxyl groups is 1. The number of benzene rings is 2. The first kappa shape index (κ1) is 18.1. The molecule has 0 aromatic heterocycles. The lowest BCUT2D eigenvalue weighted by Crippen LogP contribution is -2.37. The second-order valence-corrected chi connectivity index (χ2v) is 6.14. The Balaban J connectivity index is 1.82. The lowest BCUT2D eigenvalue weighted by molar-refractivity contribution is -0.139. The van der Waals surface area contributed by atoms with Crippen LogP contribution in [0.4, 0.5) is 0 Å². The largest absolute Gasteiger partial charge is 0.504 e. The average Bonchev–Trinajstić information content (AvgIpc) is 2.72. The predicted molar refractivity (Wildman–Crippen MR) is 93.7 cm³/mol. The molecule has 0 saturated heterocycles. The van der Waals surface area contributed by atoms with Crippen molar-refractivity contribution in [2.24, 2.45) is 0 Å². The number of hydrogen-bond donors (Lipinski definition) is 2. The molecular formula is C19H18O9. The van der Waals surface area contributed by atoms with Gasteiger partial charge in [0.1, 0.15) is 0 Å². The molecule has 2 atom stereocenters. The third-order valence-electron chi connectivity index (χ3n) is 4.47. The van der Waals surface area contributed by atoms with Gasteiger partial charge < -0.3 is 38.6 Å². The zero-order chi connectivity index (χ0) is 19.8. The van der Waals surface area contributed by atoms with Crippen molar-refractivity contribution in [1.29, 1.82) is 0 Å². The van der Waals surface area contributed by atoms with E-state index < -0.39 is 18.2 Å². The minimum atomic E-state index is -0.783. The first-order chi connectivity index (χ1) is 13.5. The van der Waals surface area contributed by atoms with E-state index in [9.17, 15) is 15.0 Å². The van der Waals surface area contributed by atoms with Crippen molar-refractivity contribution in [1.82, 2.24) is 0 Å². The van der Waals surface area contributed by atoms with Crippen molar-refractivity contribution in [2.75, 3.05) is 27.4 Å². The molecule has 9 nitrogen and oxygen atoms in total. The van der Waals surface area contributed by atoms with Gasteiger partial charge in [0.2, 0.25) is 17.2 Å². The SMILES string of the molecule is COc1cc([C@H]2Oc3c4c(cc(OC)c3O[C@@H]2CO)OCC(=O)O4)ccc1O. The number of carbonyl (C=O) groups excluding carboxylic acids is 1. The van der Waals surface area contributed by atoms with Gasteiger partial charge in [0.15, 0.2) is 41.8 Å². The average molecular weight is 390 g/mol. The van der Waals surface area contributed by atoms with E-state index >= 15 is 0 Å². The summed E-state index contributed by atoms with van der Waals surface area (Å²) in [5.74, 6) is 0.631. The molecule has 0 radical (unpaired) electrons. The fourth-order valence-electron chi connectivity index (χ4n) is 3.13. The van der Waals surface area contributed by atoms with Gasteiger partial charge in [-0.3, -0.25) is 0 Å². The zero-order valence-corrected chi connectivity index (χ0v) is 15.1. The third kappa shape index (κ3) is 2.89. The van der Waals surface area contributed by atoms with Gasteiger partial charge in [-0.05, 0) is 12.1 Å². The fraction of sp³-hybridized carbons (Fsp3) is 0.316. The van der Waals surface area contributed by atoms with Crippen molar-refractivity contribution in [3.63, 3.8) is 0 Å². The van der Waals surface area contributed by atoms with Crippen molar-refractivity contribution >= 4 is 5.97 Å². The van der Waals surface area contributed by atoms with Gasteiger partial charge in [-0.1, -0.05) is 6.07 Å². The van der Waals surface area contributed by atoms with Gasteiger partial charge in [0.25, 0.3) is 0 Å². The fourth-order valence-corrected chi connectivity index (χ4v) is 3.13. The van der Waals surface area contributed by atoms with E-state index in [1.54, 1.807) is 12.1 Å². The quantitative estimate of drug-likeness (QED) is 0.593. The molecule has 4 rings (SSSR count). The maximum Gasteiger partial charge on any atom is 0.349 e. The molecule has 9 heteroatoms. The molecule has 2 aromatic rings. The number of hydrogen-bond acceptors (Lipinski definition) is 9. The number of methoxy groups -OCH3 is 2. The lowest BCUT2D eigenvalue weighted by Gasteiger charge is -2.35. The number of rotatable bonds is 4. The molecule has 2 aromatic carbocycles. The molecule has 2 aliphatic rings. The van der Waals surface area contributed by atoms with Crippen LogP contribution in [0.25, 0.3) is 0 Å². The van der Waals surface area contributed by atoms with Crippen LogP contribution in [-0.2, 0) is 4.79 Å². The number of esters is 1. The Bertz CT molecular complexity index is 924. The van der Waals surface area contributed by atoms with E-state index in [1.165, 1.54) is 26.4 Å². The summed E-state index contributed by atoms with van der Waals surface area (Å²) in [6.45, 7) is -0.586. The monoisotopic (exact) mass is 390 g/mol. The molecular weight excluding hydrogens is 372 g/mol. The standard InChI is InChI=1S/C19H18O9/c1-23-11-5-9(3-4-10(11)21)16-14(7-20)26-17-12(24-2)6-13-18(19(17)28-16)27-15(22)8-25-13/h3-6,14,16,20-21H,7-8H2,1-2H3/t14-,16-/m1/s1. The van der Waals surface area contributed by atoms with Crippen LogP contribution in [0, 0.1) is 0 Å². The molecule has 0 saturated carbocycles. The van der Waals surface area contributed by atoms with Crippen LogP contribution in [-0.4, -0.2) is 49.7 Å². The normalized spacial score (nSPS) is 19.9. The van der Waals surface area contributed by atoms with Crippen LogP contribution >= 0.6 is 0 Å². The molecule has 28 heavy (non-hydrogen) atoms. The Morgan fingerprint density at radius 2 is 1.86 bits per heavy atom. The first-order valence-corrected chi connectivity index (χ1v) is 8.45. The highest BCUT2D eigenvalue weighted by Crippen LogP contribution is 2.55. The van der Waals surface area contributed by atoms with Crippen LogP contribution in [0.2, 0.25) is 0 Å². The Morgan fingerprint density at radius 1 is 1.07 bits per heavy atom. The van der Waals surface area contributed by atoms with E-state index in [4.69, 9.17) is 28.4 Å². The molecule has 0 amide bonds. The Hall–Kier alpha value is -3.33. The number of fused-ring (bicyclic) bond motifs is 3. The van der Waals surface area contributed by atoms with E-state index in [0.717, 1.165) is 0 Å². The zero-order valence-electron chi connectivity index (χ0n) is 15.1. The van der Waals surface area contributed by atoms with Gasteiger partial charge >= 0.3 is 5.97 Å². The van der Waals surface area contributed by atoms with Crippen LogP contribution in [0.3, 0.4) is 0 Å². The molecule has 2 N–H and O–H groups in total. The Labute approximate surface area is 159 Å². The van der Waals surface area contributed by atoms with Crippen LogP contribution in [0.5, 0.6) is 40.2 Å². The topological polar surface area (TPSA) is 113 Å². The highest BCUT2D eigenvalue weighted by atomic mass is 16.6. The Kier molecular flexibility index (Phi) is 4.52. The molecule has 0 unspecified atom stereocenters. The minimum absolute atomic E-state index is 0.0368. The predicted octanol–water partition coefficient (Wildman–Crippen LogP) is 1.58. The lowest BCUT2D eigenvalue weighted by atomic mass is 10.0. The van der Waals surface area contributed by atoms with Gasteiger partial charge in [-0.15, -0.1) is 0 Å². The summed E-state index contributed by atoms with van der Waals surface area (Å²) in [5.41, 5.74) is 0.582. The summed E-state index contributed by atoms with van der Waals surface area (Å²) in [6.07, 6.45) is -1.56. The van der Waals surface area contributed by atoms with E-state index in [2.05, 4.69) is 0 Å². The summed E-state index contributed by atoms with van der Waals surface area (Å²) in [4.78, 5) is 11.7. The maximum atomic E-state index is 11.7. The summed E-state index contributed by atoms with van der Waals surface area (Å²) in [7, 11) is 2.87. The van der Waals surface area contributed by atoms with Crippen molar-refractivity contribution in [3.05, 3.63) is 29.8 Å². The number of aromatic hydroxyl groups is 1. The second kappa shape index (κ2) is 7.01. The van der Waals surface area contributed by atoms with Crippen LogP contribution in [0.15, 0.2) is 24.3 Å². The van der Waals surface area contributed by atoms with Crippen LogP contribution in [0.1, 0.15) is 11.7 Å². The Morgan fingerprint density at radius 3 is 2.57 bits per heavy atom. The van der Waals surface area contributed by atoms with Crippen LogP contribution < -0.4 is 28.4 Å². The van der Waals surface area contributed by atoms with Crippen molar-refractivity contribution < 1.29 is 43.4 Å². The number of phenolic OH excluding ortho intramolecular Hbond substituents is 1.